The second-order valence-corrected chi connectivity index (χ2v) is 7.14. The highest BCUT2D eigenvalue weighted by Gasteiger charge is 2.50. The molecule has 0 aromatic heterocycles. The predicted octanol–water partition coefficient (Wildman–Crippen LogP) is 2.17. The Labute approximate surface area is 173 Å². The van der Waals surface area contributed by atoms with E-state index in [1.165, 1.54) is 0 Å². The van der Waals surface area contributed by atoms with Crippen molar-refractivity contribution in [1.29, 1.82) is 0 Å². The van der Waals surface area contributed by atoms with E-state index in [2.05, 4.69) is 0 Å². The highest BCUT2D eigenvalue weighted by molar-refractivity contribution is 5.97. The fourth-order valence-electron chi connectivity index (χ4n) is 3.72. The van der Waals surface area contributed by atoms with Gasteiger partial charge in [-0.2, -0.15) is 0 Å². The van der Waals surface area contributed by atoms with Crippen LogP contribution in [-0.4, -0.2) is 59.1 Å². The molecule has 2 aliphatic rings. The molecule has 0 aliphatic carbocycles. The topological polar surface area (TPSA) is 93.2 Å². The summed E-state index contributed by atoms with van der Waals surface area (Å²) in [5, 5.41) is 0. The van der Waals surface area contributed by atoms with Crippen LogP contribution in [0.25, 0.3) is 0 Å². The second kappa shape index (κ2) is 8.36. The van der Waals surface area contributed by atoms with E-state index in [0.717, 1.165) is 20.9 Å². The Hall–Kier alpha value is -3.68. The van der Waals surface area contributed by atoms with Crippen molar-refractivity contribution in [3.05, 3.63) is 71.8 Å². The van der Waals surface area contributed by atoms with Crippen molar-refractivity contribution >= 4 is 24.0 Å². The van der Waals surface area contributed by atoms with E-state index in [1.807, 2.05) is 12.1 Å². The van der Waals surface area contributed by atoms with Gasteiger partial charge in [-0.1, -0.05) is 60.7 Å². The highest BCUT2D eigenvalue weighted by Crippen LogP contribution is 2.26. The number of imide groups is 2. The van der Waals surface area contributed by atoms with E-state index >= 15 is 0 Å². The van der Waals surface area contributed by atoms with Crippen LogP contribution in [0.5, 0.6) is 0 Å². The number of carbonyl (C=O) groups excluding carboxylic acids is 4. The summed E-state index contributed by atoms with van der Waals surface area (Å²) < 4.78 is 10.2. The third kappa shape index (κ3) is 3.89. The monoisotopic (exact) mass is 408 g/mol. The second-order valence-electron chi connectivity index (χ2n) is 7.14. The molecule has 8 heteroatoms. The summed E-state index contributed by atoms with van der Waals surface area (Å²) in [5.41, 5.74) is 1.49. The molecule has 0 bridgehead atoms. The molecule has 2 heterocycles. The lowest BCUT2D eigenvalue weighted by Crippen LogP contribution is -2.54. The Morgan fingerprint density at radius 3 is 1.43 bits per heavy atom. The zero-order valence-electron chi connectivity index (χ0n) is 16.1. The van der Waals surface area contributed by atoms with Crippen LogP contribution in [-0.2, 0) is 31.9 Å². The number of hydrogen-bond donors (Lipinski definition) is 0. The maximum Gasteiger partial charge on any atom is 0.417 e. The van der Waals surface area contributed by atoms with Crippen molar-refractivity contribution in [3.63, 3.8) is 0 Å². The van der Waals surface area contributed by atoms with Crippen molar-refractivity contribution in [2.24, 2.45) is 0 Å². The summed E-state index contributed by atoms with van der Waals surface area (Å²) in [6.07, 6.45) is -1.55. The van der Waals surface area contributed by atoms with E-state index in [-0.39, 0.29) is 26.1 Å². The maximum atomic E-state index is 12.8. The van der Waals surface area contributed by atoms with Crippen LogP contribution in [0.15, 0.2) is 60.7 Å². The lowest BCUT2D eigenvalue weighted by atomic mass is 10.0. The van der Waals surface area contributed by atoms with Gasteiger partial charge in [-0.25, -0.2) is 19.4 Å². The van der Waals surface area contributed by atoms with Crippen molar-refractivity contribution < 1.29 is 28.7 Å². The fourth-order valence-corrected chi connectivity index (χ4v) is 3.72. The summed E-state index contributed by atoms with van der Waals surface area (Å²) in [7, 11) is 0. The zero-order valence-corrected chi connectivity index (χ0v) is 16.1. The van der Waals surface area contributed by atoms with E-state index in [9.17, 15) is 19.2 Å². The maximum absolute atomic E-state index is 12.8. The first-order valence-corrected chi connectivity index (χ1v) is 9.60. The summed E-state index contributed by atoms with van der Waals surface area (Å²) >= 11 is 0. The fraction of sp³-hybridized carbons (Fsp3) is 0.273. The van der Waals surface area contributed by atoms with Gasteiger partial charge in [0.25, 0.3) is 0 Å². The van der Waals surface area contributed by atoms with Crippen LogP contribution in [0.3, 0.4) is 0 Å². The van der Waals surface area contributed by atoms with E-state index < -0.39 is 36.1 Å². The molecule has 4 rings (SSSR count). The molecule has 30 heavy (non-hydrogen) atoms. The van der Waals surface area contributed by atoms with Gasteiger partial charge in [0.2, 0.25) is 11.8 Å². The van der Waals surface area contributed by atoms with Gasteiger partial charge in [0.1, 0.15) is 25.3 Å². The lowest BCUT2D eigenvalue weighted by molar-refractivity contribution is -0.133. The van der Waals surface area contributed by atoms with Crippen LogP contribution >= 0.6 is 0 Å². The first-order chi connectivity index (χ1) is 14.5. The Kier molecular flexibility index (Phi) is 5.47. The van der Waals surface area contributed by atoms with Crippen LogP contribution in [0.4, 0.5) is 9.59 Å². The van der Waals surface area contributed by atoms with E-state index in [4.69, 9.17) is 9.47 Å². The number of hydrogen-bond acceptors (Lipinski definition) is 6. The average molecular weight is 408 g/mol. The number of benzene rings is 2. The quantitative estimate of drug-likeness (QED) is 0.753. The van der Waals surface area contributed by atoms with E-state index in [1.54, 1.807) is 48.5 Å². The minimum absolute atomic E-state index is 0.00588. The van der Waals surface area contributed by atoms with Gasteiger partial charge in [-0.3, -0.25) is 9.59 Å². The molecule has 8 nitrogen and oxygen atoms in total. The van der Waals surface area contributed by atoms with Gasteiger partial charge in [-0.15, -0.1) is 0 Å². The van der Waals surface area contributed by atoms with Gasteiger partial charge < -0.3 is 9.47 Å². The Morgan fingerprint density at radius 1 is 0.700 bits per heavy atom. The molecule has 2 saturated heterocycles. The van der Waals surface area contributed by atoms with Gasteiger partial charge in [0, 0.05) is 0 Å². The van der Waals surface area contributed by atoms with Crippen molar-refractivity contribution in [2.75, 3.05) is 13.2 Å². The summed E-state index contributed by atoms with van der Waals surface area (Å²) in [5.74, 6) is -0.910. The summed E-state index contributed by atoms with van der Waals surface area (Å²) in [4.78, 5) is 52.2. The van der Waals surface area contributed by atoms with Crippen LogP contribution < -0.4 is 0 Å². The number of nitrogens with zero attached hydrogens (tertiary/aromatic N) is 2. The zero-order chi connectivity index (χ0) is 21.1. The molecule has 0 spiro atoms. The predicted molar refractivity (Wildman–Crippen MR) is 104 cm³/mol. The smallest absolute Gasteiger partial charge is 0.417 e. The normalized spacial score (nSPS) is 20.8. The molecule has 4 amide bonds. The van der Waals surface area contributed by atoms with Gasteiger partial charge >= 0.3 is 12.2 Å². The molecule has 0 N–H and O–H groups in total. The molecular weight excluding hydrogens is 388 g/mol. The molecule has 2 atom stereocenters. The third-order valence-corrected chi connectivity index (χ3v) is 5.19. The van der Waals surface area contributed by atoms with Crippen LogP contribution in [0, 0.1) is 0 Å². The highest BCUT2D eigenvalue weighted by atomic mass is 16.6. The van der Waals surface area contributed by atoms with Gasteiger partial charge in [0.15, 0.2) is 0 Å². The molecule has 0 radical (unpaired) electrons. The molecule has 154 valence electrons. The van der Waals surface area contributed by atoms with Crippen LogP contribution in [0.1, 0.15) is 11.1 Å². The van der Waals surface area contributed by atoms with Crippen molar-refractivity contribution in [2.45, 2.75) is 24.9 Å². The largest absolute Gasteiger partial charge is 0.447 e. The number of rotatable bonds is 5. The van der Waals surface area contributed by atoms with Crippen molar-refractivity contribution in [1.82, 2.24) is 9.80 Å². The van der Waals surface area contributed by atoms with Gasteiger partial charge in [-0.05, 0) is 11.1 Å². The minimum Gasteiger partial charge on any atom is -0.447 e. The Morgan fingerprint density at radius 2 is 1.07 bits per heavy atom. The molecule has 2 fully saturated rings. The van der Waals surface area contributed by atoms with Crippen LogP contribution in [0.2, 0.25) is 0 Å². The molecule has 2 aliphatic heterocycles. The lowest BCUT2D eigenvalue weighted by Gasteiger charge is -2.28. The minimum atomic E-state index is -0.792. The molecule has 2 aromatic carbocycles. The molecule has 2 aromatic rings. The summed E-state index contributed by atoms with van der Waals surface area (Å²) in [6, 6.07) is 16.4. The number of ether oxygens (including phenoxy) is 2. The molecule has 0 unspecified atom stereocenters. The van der Waals surface area contributed by atoms with Gasteiger partial charge in [0.05, 0.1) is 12.8 Å². The Bertz CT molecular complexity index is 883. The number of cyclic esters (lactones) is 2. The standard InChI is InChI=1S/C22H20N2O6/c25-19(11-15-7-3-1-4-8-15)23-17(13-29-21(23)27)18-14-30-22(28)24(18)20(26)12-16-9-5-2-6-10-16/h1-10,17-18H,11-14H2/t17-,18-/m1/s1. The van der Waals surface area contributed by atoms with Crippen molar-refractivity contribution in [3.8, 4) is 0 Å². The SMILES string of the molecule is O=C(Cc1ccccc1)N1C(=O)OC[C@@H]1[C@H]1COC(=O)N1C(=O)Cc1ccccc1. The van der Waals surface area contributed by atoms with E-state index in [0.29, 0.717) is 0 Å². The first kappa shape index (κ1) is 19.6. The average Bonchev–Trinajstić information content (AvgIpc) is 3.31. The third-order valence-electron chi connectivity index (χ3n) is 5.19. The first-order valence-electron chi connectivity index (χ1n) is 9.60. The number of amides is 4. The number of carbonyl (C=O) groups is 4. The molecule has 0 saturated carbocycles. The Balaban J connectivity index is 1.52. The molecular formula is C22H20N2O6. The summed E-state index contributed by atoms with van der Waals surface area (Å²) in [6.45, 7) is -0.203.